The summed E-state index contributed by atoms with van der Waals surface area (Å²) in [6.07, 6.45) is 0. The predicted molar refractivity (Wildman–Crippen MR) is 78.0 cm³/mol. The second-order valence-corrected chi connectivity index (χ2v) is 4.51. The lowest BCUT2D eigenvalue weighted by atomic mass is 10.1. The van der Waals surface area contributed by atoms with Gasteiger partial charge in [0.05, 0.1) is 33.0 Å². The Morgan fingerprint density at radius 1 is 1.05 bits per heavy atom. The SMILES string of the molecule is COCCOCCOCCOc1c(F)cccc1[C@H](C)N. The Bertz CT molecular complexity index is 401. The van der Waals surface area contributed by atoms with Crippen molar-refractivity contribution < 1.29 is 23.3 Å². The molecule has 0 aromatic heterocycles. The van der Waals surface area contributed by atoms with Crippen molar-refractivity contribution in [3.63, 3.8) is 0 Å². The Morgan fingerprint density at radius 2 is 1.67 bits per heavy atom. The van der Waals surface area contributed by atoms with Gasteiger partial charge in [-0.15, -0.1) is 0 Å². The van der Waals surface area contributed by atoms with Crippen molar-refractivity contribution in [1.82, 2.24) is 0 Å². The maximum absolute atomic E-state index is 13.7. The van der Waals surface area contributed by atoms with Crippen molar-refractivity contribution in [2.75, 3.05) is 46.8 Å². The van der Waals surface area contributed by atoms with Crippen LogP contribution in [0.15, 0.2) is 18.2 Å². The minimum absolute atomic E-state index is 0.201. The molecular formula is C15H24FNO4. The van der Waals surface area contributed by atoms with Crippen LogP contribution in [0.3, 0.4) is 0 Å². The molecule has 0 saturated carbocycles. The second-order valence-electron chi connectivity index (χ2n) is 4.51. The molecule has 0 fully saturated rings. The average Bonchev–Trinajstić information content (AvgIpc) is 2.46. The van der Waals surface area contributed by atoms with Crippen LogP contribution in [0.1, 0.15) is 18.5 Å². The molecule has 0 bridgehead atoms. The molecule has 1 aromatic rings. The van der Waals surface area contributed by atoms with Crippen LogP contribution >= 0.6 is 0 Å². The van der Waals surface area contributed by atoms with E-state index in [9.17, 15) is 4.39 Å². The lowest BCUT2D eigenvalue weighted by Gasteiger charge is -2.14. The first-order chi connectivity index (χ1) is 10.2. The van der Waals surface area contributed by atoms with Crippen molar-refractivity contribution in [1.29, 1.82) is 0 Å². The average molecular weight is 301 g/mol. The lowest BCUT2D eigenvalue weighted by molar-refractivity contribution is 0.0176. The van der Waals surface area contributed by atoms with E-state index in [1.54, 1.807) is 26.2 Å². The molecule has 0 spiro atoms. The number of hydrogen-bond donors (Lipinski definition) is 1. The van der Waals surface area contributed by atoms with Gasteiger partial charge in [0.15, 0.2) is 11.6 Å². The van der Waals surface area contributed by atoms with E-state index in [1.807, 2.05) is 0 Å². The van der Waals surface area contributed by atoms with Crippen molar-refractivity contribution >= 4 is 0 Å². The number of methoxy groups -OCH3 is 1. The summed E-state index contributed by atoms with van der Waals surface area (Å²) in [5.41, 5.74) is 6.44. The maximum atomic E-state index is 13.7. The van der Waals surface area contributed by atoms with Crippen molar-refractivity contribution in [2.24, 2.45) is 5.73 Å². The normalized spacial score (nSPS) is 12.4. The highest BCUT2D eigenvalue weighted by Gasteiger charge is 2.12. The van der Waals surface area contributed by atoms with Gasteiger partial charge < -0.3 is 24.7 Å². The first kappa shape index (κ1) is 17.8. The molecule has 1 rings (SSSR count). The summed E-state index contributed by atoms with van der Waals surface area (Å²) in [6, 6.07) is 4.44. The van der Waals surface area contributed by atoms with Crippen LogP contribution in [0.2, 0.25) is 0 Å². The molecule has 120 valence electrons. The number of hydrogen-bond acceptors (Lipinski definition) is 5. The number of ether oxygens (including phenoxy) is 4. The molecular weight excluding hydrogens is 277 g/mol. The Morgan fingerprint density at radius 3 is 2.29 bits per heavy atom. The summed E-state index contributed by atoms with van der Waals surface area (Å²) in [4.78, 5) is 0. The molecule has 0 unspecified atom stereocenters. The summed E-state index contributed by atoms with van der Waals surface area (Å²) in [5, 5.41) is 0. The summed E-state index contributed by atoms with van der Waals surface area (Å²) in [6.45, 7) is 4.48. The highest BCUT2D eigenvalue weighted by molar-refractivity contribution is 5.36. The zero-order chi connectivity index (χ0) is 15.5. The standard InChI is InChI=1S/C15H24FNO4/c1-12(17)13-4-3-5-14(16)15(13)21-11-10-20-9-8-19-7-6-18-2/h3-5,12H,6-11,17H2,1-2H3/t12-/m0/s1. The first-order valence-corrected chi connectivity index (χ1v) is 6.98. The Hall–Kier alpha value is -1.21. The first-order valence-electron chi connectivity index (χ1n) is 6.98. The lowest BCUT2D eigenvalue weighted by Crippen LogP contribution is -2.14. The topological polar surface area (TPSA) is 62.9 Å². The zero-order valence-electron chi connectivity index (χ0n) is 12.6. The molecule has 0 aliphatic heterocycles. The third kappa shape index (κ3) is 6.86. The molecule has 0 amide bonds. The largest absolute Gasteiger partial charge is 0.488 e. The van der Waals surface area contributed by atoms with Gasteiger partial charge in [-0.25, -0.2) is 4.39 Å². The molecule has 0 radical (unpaired) electrons. The van der Waals surface area contributed by atoms with E-state index in [4.69, 9.17) is 24.7 Å². The molecule has 0 saturated heterocycles. The zero-order valence-corrected chi connectivity index (χ0v) is 12.6. The van der Waals surface area contributed by atoms with Gasteiger partial charge in [0, 0.05) is 18.7 Å². The van der Waals surface area contributed by atoms with Crippen LogP contribution in [0, 0.1) is 5.82 Å². The molecule has 21 heavy (non-hydrogen) atoms. The van der Waals surface area contributed by atoms with E-state index in [0.717, 1.165) is 0 Å². The highest BCUT2D eigenvalue weighted by atomic mass is 19.1. The van der Waals surface area contributed by atoms with Gasteiger partial charge in [0.2, 0.25) is 0 Å². The molecule has 2 N–H and O–H groups in total. The van der Waals surface area contributed by atoms with Crippen molar-refractivity contribution in [3.05, 3.63) is 29.6 Å². The third-order valence-electron chi connectivity index (χ3n) is 2.77. The fourth-order valence-corrected chi connectivity index (χ4v) is 1.70. The van der Waals surface area contributed by atoms with E-state index in [0.29, 0.717) is 38.6 Å². The Balaban J connectivity index is 2.21. The van der Waals surface area contributed by atoms with Gasteiger partial charge in [-0.1, -0.05) is 12.1 Å². The summed E-state index contributed by atoms with van der Waals surface area (Å²) >= 11 is 0. The molecule has 0 aliphatic carbocycles. The van der Waals surface area contributed by atoms with Gasteiger partial charge in [0.1, 0.15) is 6.61 Å². The molecule has 0 heterocycles. The van der Waals surface area contributed by atoms with E-state index in [-0.39, 0.29) is 18.4 Å². The smallest absolute Gasteiger partial charge is 0.165 e. The molecule has 6 heteroatoms. The minimum Gasteiger partial charge on any atom is -0.488 e. The van der Waals surface area contributed by atoms with E-state index in [2.05, 4.69) is 0 Å². The summed E-state index contributed by atoms with van der Waals surface area (Å²) in [5.74, 6) is -0.208. The Kier molecular flexibility index (Phi) is 8.93. The van der Waals surface area contributed by atoms with Gasteiger partial charge in [0.25, 0.3) is 0 Å². The van der Waals surface area contributed by atoms with Crippen LogP contribution < -0.4 is 10.5 Å². The fourth-order valence-electron chi connectivity index (χ4n) is 1.70. The maximum Gasteiger partial charge on any atom is 0.165 e. The minimum atomic E-state index is -0.410. The molecule has 1 aromatic carbocycles. The fraction of sp³-hybridized carbons (Fsp3) is 0.600. The predicted octanol–water partition coefficient (Wildman–Crippen LogP) is 1.90. The number of rotatable bonds is 11. The second kappa shape index (κ2) is 10.5. The van der Waals surface area contributed by atoms with E-state index >= 15 is 0 Å². The third-order valence-corrected chi connectivity index (χ3v) is 2.77. The van der Waals surface area contributed by atoms with Crippen LogP contribution in [-0.2, 0) is 14.2 Å². The number of halogens is 1. The monoisotopic (exact) mass is 301 g/mol. The quantitative estimate of drug-likeness (QED) is 0.633. The van der Waals surface area contributed by atoms with Crippen LogP contribution in [0.4, 0.5) is 4.39 Å². The Labute approximate surface area is 125 Å². The van der Waals surface area contributed by atoms with E-state index < -0.39 is 5.82 Å². The van der Waals surface area contributed by atoms with E-state index in [1.165, 1.54) is 6.07 Å². The van der Waals surface area contributed by atoms with Gasteiger partial charge in [-0.05, 0) is 13.0 Å². The molecule has 0 aliphatic rings. The molecule has 1 atom stereocenters. The summed E-state index contributed by atoms with van der Waals surface area (Å²) in [7, 11) is 1.62. The van der Waals surface area contributed by atoms with Crippen LogP contribution in [-0.4, -0.2) is 46.8 Å². The number of nitrogens with two attached hydrogens (primary N) is 1. The van der Waals surface area contributed by atoms with Crippen LogP contribution in [0.5, 0.6) is 5.75 Å². The molecule has 5 nitrogen and oxygen atoms in total. The van der Waals surface area contributed by atoms with Gasteiger partial charge in [-0.2, -0.15) is 0 Å². The highest BCUT2D eigenvalue weighted by Crippen LogP contribution is 2.26. The summed E-state index contributed by atoms with van der Waals surface area (Å²) < 4.78 is 34.6. The number of para-hydroxylation sites is 1. The van der Waals surface area contributed by atoms with Crippen molar-refractivity contribution in [2.45, 2.75) is 13.0 Å². The van der Waals surface area contributed by atoms with Gasteiger partial charge >= 0.3 is 0 Å². The van der Waals surface area contributed by atoms with Gasteiger partial charge in [-0.3, -0.25) is 0 Å². The number of benzene rings is 1. The van der Waals surface area contributed by atoms with Crippen molar-refractivity contribution in [3.8, 4) is 5.75 Å². The van der Waals surface area contributed by atoms with Crippen LogP contribution in [0.25, 0.3) is 0 Å².